The predicted octanol–water partition coefficient (Wildman–Crippen LogP) is 6.18. The van der Waals surface area contributed by atoms with Gasteiger partial charge >= 0.3 is 5.97 Å². The molecular formula is C51H79NO13. The van der Waals surface area contributed by atoms with Crippen molar-refractivity contribution in [2.45, 2.75) is 180 Å². The fourth-order valence-corrected chi connectivity index (χ4v) is 10.1. The van der Waals surface area contributed by atoms with Crippen molar-refractivity contribution >= 4 is 29.2 Å². The minimum absolute atomic E-state index is 0.0193. The molecule has 4 aliphatic rings. The second kappa shape index (κ2) is 25.1. The van der Waals surface area contributed by atoms with Gasteiger partial charge in [0.05, 0.1) is 24.4 Å². The first-order valence-corrected chi connectivity index (χ1v) is 23.9. The minimum Gasteiger partial charge on any atom is -0.460 e. The monoisotopic (exact) mass is 914 g/mol. The molecule has 14 nitrogen and oxygen atoms in total. The summed E-state index contributed by atoms with van der Waals surface area (Å²) in [4.78, 5) is 71.8. The van der Waals surface area contributed by atoms with Crippen LogP contribution in [0.1, 0.15) is 126 Å². The Morgan fingerprint density at radius 1 is 0.846 bits per heavy atom. The van der Waals surface area contributed by atoms with E-state index in [0.717, 1.165) is 12.0 Å². The topological polar surface area (TPSA) is 195 Å². The van der Waals surface area contributed by atoms with Crippen LogP contribution in [0.4, 0.5) is 0 Å². The second-order valence-corrected chi connectivity index (χ2v) is 19.6. The number of methoxy groups -OCH3 is 3. The van der Waals surface area contributed by atoms with Crippen LogP contribution in [0.5, 0.6) is 0 Å². The molecule has 0 aromatic heterocycles. The molecule has 366 valence electrons. The van der Waals surface area contributed by atoms with Crippen molar-refractivity contribution in [2.75, 3.05) is 27.9 Å². The largest absolute Gasteiger partial charge is 0.460 e. The van der Waals surface area contributed by atoms with Crippen LogP contribution < -0.4 is 0 Å². The Bertz CT molecular complexity index is 1760. The number of aliphatic hydroxyl groups excluding tert-OH is 2. The van der Waals surface area contributed by atoms with Gasteiger partial charge in [0.1, 0.15) is 30.1 Å². The molecule has 1 unspecified atom stereocenters. The summed E-state index contributed by atoms with van der Waals surface area (Å²) in [6.45, 7) is 12.7. The number of carbonyl (C=O) groups excluding carboxylic acids is 5. The molecule has 1 saturated carbocycles. The summed E-state index contributed by atoms with van der Waals surface area (Å²) in [5.41, 5.74) is 1.27. The van der Waals surface area contributed by atoms with Gasteiger partial charge in [-0.3, -0.25) is 19.2 Å². The van der Waals surface area contributed by atoms with E-state index < -0.39 is 83.9 Å². The fraction of sp³-hybridized carbons (Fsp3) is 0.745. The highest BCUT2D eigenvalue weighted by Crippen LogP contribution is 2.38. The summed E-state index contributed by atoms with van der Waals surface area (Å²) in [7, 11) is 4.52. The number of nitrogens with zero attached hydrogens (tertiary/aromatic N) is 1. The van der Waals surface area contributed by atoms with Crippen LogP contribution in [0.3, 0.4) is 0 Å². The number of amides is 1. The molecular weight excluding hydrogens is 835 g/mol. The van der Waals surface area contributed by atoms with Crippen molar-refractivity contribution < 1.29 is 63.0 Å². The SMILES string of the molecule is CO[C@H]1C[C@@H]2CC[C@@H](C)[C@@](O)(O2)C(=O)C(=O)N2CCCC[C@H]2C(=O)O[C@H](C(C)C[C@H]2CC[C@@H](O)[C@H](OC)C2)CC(=O)[C@H](C)/C=C(\C)[C@@H](O)[C@@H](OC)C(=O)[C@H](C)C[C@H](C)/C=C/C=CC=C1C. The highest BCUT2D eigenvalue weighted by Gasteiger charge is 2.53. The molecule has 3 fully saturated rings. The number of hydrogen-bond donors (Lipinski definition) is 3. The molecule has 15 atom stereocenters. The quantitative estimate of drug-likeness (QED) is 0.156. The molecule has 1 aliphatic carbocycles. The molecule has 0 aromatic rings. The smallest absolute Gasteiger partial charge is 0.329 e. The summed E-state index contributed by atoms with van der Waals surface area (Å²) < 4.78 is 29.4. The van der Waals surface area contributed by atoms with Crippen molar-refractivity contribution in [3.8, 4) is 0 Å². The zero-order valence-electron chi connectivity index (χ0n) is 40.6. The van der Waals surface area contributed by atoms with Crippen LogP contribution in [-0.2, 0) is 47.7 Å². The first kappa shape index (κ1) is 54.2. The molecule has 1 amide bonds. The minimum atomic E-state index is -2.43. The maximum Gasteiger partial charge on any atom is 0.329 e. The van der Waals surface area contributed by atoms with E-state index in [-0.39, 0.29) is 54.8 Å². The number of fused-ring (bicyclic) bond motifs is 3. The van der Waals surface area contributed by atoms with E-state index >= 15 is 0 Å². The number of ether oxygens (including phenoxy) is 5. The van der Waals surface area contributed by atoms with Crippen LogP contribution in [-0.4, -0.2) is 132 Å². The lowest BCUT2D eigenvalue weighted by Gasteiger charge is -2.42. The van der Waals surface area contributed by atoms with Gasteiger partial charge in [-0.2, -0.15) is 0 Å². The Labute approximate surface area is 387 Å². The lowest BCUT2D eigenvalue weighted by atomic mass is 9.78. The summed E-state index contributed by atoms with van der Waals surface area (Å²) in [5, 5.41) is 33.8. The van der Waals surface area contributed by atoms with E-state index in [9.17, 15) is 39.3 Å². The maximum absolute atomic E-state index is 14.4. The number of rotatable bonds is 6. The van der Waals surface area contributed by atoms with Crippen molar-refractivity contribution in [2.24, 2.45) is 35.5 Å². The molecule has 0 radical (unpaired) electrons. The van der Waals surface area contributed by atoms with E-state index in [1.54, 1.807) is 41.1 Å². The molecule has 3 heterocycles. The molecule has 0 spiro atoms. The summed E-state index contributed by atoms with van der Waals surface area (Å²) in [6.07, 6.45) is 11.2. The lowest BCUT2D eigenvalue weighted by Crippen LogP contribution is -2.61. The molecule has 4 rings (SSSR count). The standard InChI is InChI=1S/C51H79NO13/c1-30-16-12-11-13-17-31(2)42(61-8)28-38-21-19-36(7)51(60,65-38)48(57)49(58)52-23-15-14-18-39(52)50(59)64-43(33(4)26-37-20-22-40(53)44(27-37)62-9)29-41(54)32(3)25-35(6)46(56)47(63-10)45(55)34(5)24-30/h11-13,16-17,25,30,32-34,36-40,42-44,46-47,53,56,60H,14-15,18-24,26-29H2,1-10H3/b13-11?,16-12+,31-17?,35-25+/t30-,32-,33?,34-,36-,37-,38+,39+,40-,42+,43+,44-,46-,47+,51-/m1/s1. The van der Waals surface area contributed by atoms with E-state index in [0.29, 0.717) is 63.4 Å². The number of carbonyl (C=O) groups is 5. The van der Waals surface area contributed by atoms with Crippen LogP contribution in [0.15, 0.2) is 47.6 Å². The number of aliphatic hydroxyl groups is 3. The maximum atomic E-state index is 14.4. The lowest BCUT2D eigenvalue weighted by molar-refractivity contribution is -0.265. The zero-order valence-corrected chi connectivity index (χ0v) is 40.6. The normalized spacial score (nSPS) is 39.1. The third-order valence-electron chi connectivity index (χ3n) is 14.5. The van der Waals surface area contributed by atoms with Gasteiger partial charge in [0.2, 0.25) is 5.79 Å². The third kappa shape index (κ3) is 14.3. The molecule has 3 aliphatic heterocycles. The van der Waals surface area contributed by atoms with Crippen molar-refractivity contribution in [1.29, 1.82) is 0 Å². The van der Waals surface area contributed by atoms with Gasteiger partial charge in [-0.25, -0.2) is 4.79 Å². The molecule has 0 aromatic carbocycles. The number of esters is 1. The molecule has 2 saturated heterocycles. The third-order valence-corrected chi connectivity index (χ3v) is 14.5. The highest BCUT2D eigenvalue weighted by molar-refractivity contribution is 6.39. The average molecular weight is 914 g/mol. The van der Waals surface area contributed by atoms with Crippen molar-refractivity contribution in [3.05, 3.63) is 47.6 Å². The first-order chi connectivity index (χ1) is 30.7. The molecule has 2 bridgehead atoms. The Balaban J connectivity index is 1.70. The summed E-state index contributed by atoms with van der Waals surface area (Å²) in [5.74, 6) is -7.96. The van der Waals surface area contributed by atoms with Crippen molar-refractivity contribution in [1.82, 2.24) is 4.90 Å². The van der Waals surface area contributed by atoms with Gasteiger partial charge in [0.25, 0.3) is 11.7 Å². The van der Waals surface area contributed by atoms with E-state index in [2.05, 4.69) is 0 Å². The van der Waals surface area contributed by atoms with E-state index in [1.807, 2.05) is 58.1 Å². The van der Waals surface area contributed by atoms with Crippen LogP contribution in [0, 0.1) is 35.5 Å². The number of hydrogen-bond acceptors (Lipinski definition) is 13. The molecule has 14 heteroatoms. The van der Waals surface area contributed by atoms with Gasteiger partial charge in [-0.05, 0) is 107 Å². The fourth-order valence-electron chi connectivity index (χ4n) is 10.1. The molecule has 3 N–H and O–H groups in total. The van der Waals surface area contributed by atoms with Gasteiger partial charge in [-0.1, -0.05) is 71.1 Å². The van der Waals surface area contributed by atoms with Crippen LogP contribution in [0.25, 0.3) is 0 Å². The van der Waals surface area contributed by atoms with Crippen LogP contribution >= 0.6 is 0 Å². The second-order valence-electron chi connectivity index (χ2n) is 19.6. The van der Waals surface area contributed by atoms with E-state index in [1.165, 1.54) is 12.0 Å². The summed E-state index contributed by atoms with van der Waals surface area (Å²) in [6, 6.07) is -1.14. The highest BCUT2D eigenvalue weighted by atomic mass is 16.6. The number of ketones is 3. The predicted molar refractivity (Wildman–Crippen MR) is 245 cm³/mol. The average Bonchev–Trinajstić information content (AvgIpc) is 3.28. The Kier molecular flexibility index (Phi) is 21.0. The van der Waals surface area contributed by atoms with Gasteiger partial charge < -0.3 is 43.9 Å². The van der Waals surface area contributed by atoms with E-state index in [4.69, 9.17) is 23.7 Å². The Morgan fingerprint density at radius 2 is 1.57 bits per heavy atom. The number of Topliss-reactive ketones (excluding diaryl/α,β-unsaturated/α-hetero) is 3. The Morgan fingerprint density at radius 3 is 2.25 bits per heavy atom. The van der Waals surface area contributed by atoms with Gasteiger partial charge in [0, 0.05) is 58.5 Å². The number of piperidine rings is 1. The van der Waals surface area contributed by atoms with Gasteiger partial charge in [0.15, 0.2) is 5.78 Å². The molecule has 65 heavy (non-hydrogen) atoms. The summed E-state index contributed by atoms with van der Waals surface area (Å²) >= 11 is 0. The number of allylic oxidation sites excluding steroid dienone is 6. The number of cyclic esters (lactones) is 1. The van der Waals surface area contributed by atoms with Crippen molar-refractivity contribution in [3.63, 3.8) is 0 Å². The Hall–Kier alpha value is -3.37. The zero-order chi connectivity index (χ0) is 48.2. The van der Waals surface area contributed by atoms with Crippen LogP contribution in [0.2, 0.25) is 0 Å². The first-order valence-electron chi connectivity index (χ1n) is 23.9. The van der Waals surface area contributed by atoms with Gasteiger partial charge in [-0.15, -0.1) is 0 Å².